The van der Waals surface area contributed by atoms with Crippen LogP contribution in [0.25, 0.3) is 0 Å². The predicted molar refractivity (Wildman–Crippen MR) is 77.6 cm³/mol. The second-order valence-corrected chi connectivity index (χ2v) is 3.22. The van der Waals surface area contributed by atoms with Gasteiger partial charge in [-0.15, -0.1) is 6.42 Å². The highest BCUT2D eigenvalue weighted by atomic mass is 16.5. The fraction of sp³-hybridized carbons (Fsp3) is 0.500. The van der Waals surface area contributed by atoms with E-state index in [4.69, 9.17) is 11.2 Å². The van der Waals surface area contributed by atoms with Crippen molar-refractivity contribution in [1.82, 2.24) is 0 Å². The molecule has 0 heterocycles. The van der Waals surface area contributed by atoms with E-state index in [0.29, 0.717) is 12.5 Å². The Labute approximate surface area is 107 Å². The molecule has 0 aliphatic carbocycles. The summed E-state index contributed by atoms with van der Waals surface area (Å²) in [6.45, 7) is 12.6. The summed E-state index contributed by atoms with van der Waals surface area (Å²) in [5.74, 6) is 3.82. The lowest BCUT2D eigenvalue weighted by atomic mass is 10.0. The molecular weight excluding hydrogens is 208 g/mol. The summed E-state index contributed by atoms with van der Waals surface area (Å²) >= 11 is 0. The van der Waals surface area contributed by atoms with E-state index in [-0.39, 0.29) is 0 Å². The first-order valence-corrected chi connectivity index (χ1v) is 6.40. The van der Waals surface area contributed by atoms with Crippen molar-refractivity contribution in [1.29, 1.82) is 0 Å². The Morgan fingerprint density at radius 3 is 2.24 bits per heavy atom. The van der Waals surface area contributed by atoms with Gasteiger partial charge in [-0.1, -0.05) is 59.6 Å². The van der Waals surface area contributed by atoms with E-state index in [2.05, 4.69) is 25.8 Å². The van der Waals surface area contributed by atoms with Crippen molar-refractivity contribution in [3.8, 4) is 18.1 Å². The largest absolute Gasteiger partial charge is 0.481 e. The molecule has 1 aromatic carbocycles. The molecule has 0 bridgehead atoms. The van der Waals surface area contributed by atoms with Crippen molar-refractivity contribution in [2.24, 2.45) is 0 Å². The molecular formula is C16H26O. The summed E-state index contributed by atoms with van der Waals surface area (Å²) in [6, 6.07) is 8.03. The van der Waals surface area contributed by atoms with E-state index in [9.17, 15) is 0 Å². The molecule has 0 saturated carbocycles. The van der Waals surface area contributed by atoms with Crippen LogP contribution in [0, 0.1) is 12.3 Å². The molecule has 0 amide bonds. The second-order valence-electron chi connectivity index (χ2n) is 3.22. The van der Waals surface area contributed by atoms with Gasteiger partial charge in [0.15, 0.2) is 0 Å². The van der Waals surface area contributed by atoms with E-state index >= 15 is 0 Å². The standard InChI is InChI=1S/C12H14O.2C2H6/c1-4-8-13-12-7-5-6-11(9-12)10(2)3;2*1-2/h1,5-7,9-10H,8H2,2-3H3;2*1-2H3. The van der Waals surface area contributed by atoms with Crippen molar-refractivity contribution in [3.63, 3.8) is 0 Å². The number of ether oxygens (including phenoxy) is 1. The van der Waals surface area contributed by atoms with E-state index in [1.54, 1.807) is 0 Å². The molecule has 0 aromatic heterocycles. The smallest absolute Gasteiger partial charge is 0.148 e. The first-order chi connectivity index (χ1) is 8.24. The zero-order valence-corrected chi connectivity index (χ0v) is 12.1. The quantitative estimate of drug-likeness (QED) is 0.678. The van der Waals surface area contributed by atoms with Crippen LogP contribution in [0.15, 0.2) is 24.3 Å². The highest BCUT2D eigenvalue weighted by Gasteiger charge is 1.99. The van der Waals surface area contributed by atoms with Gasteiger partial charge in [-0.25, -0.2) is 0 Å². The summed E-state index contributed by atoms with van der Waals surface area (Å²) in [4.78, 5) is 0. The maximum Gasteiger partial charge on any atom is 0.148 e. The Morgan fingerprint density at radius 1 is 1.18 bits per heavy atom. The van der Waals surface area contributed by atoms with Crippen molar-refractivity contribution in [2.75, 3.05) is 6.61 Å². The fourth-order valence-electron chi connectivity index (χ4n) is 1.09. The summed E-state index contributed by atoms with van der Waals surface area (Å²) in [5, 5.41) is 0. The Kier molecular flexibility index (Phi) is 13.4. The van der Waals surface area contributed by atoms with Crippen LogP contribution in [0.1, 0.15) is 53.0 Å². The minimum Gasteiger partial charge on any atom is -0.481 e. The number of hydrogen-bond acceptors (Lipinski definition) is 1. The summed E-state index contributed by atoms with van der Waals surface area (Å²) in [6.07, 6.45) is 5.10. The third-order valence-electron chi connectivity index (χ3n) is 1.85. The Bertz CT molecular complexity index is 308. The van der Waals surface area contributed by atoms with Gasteiger partial charge in [-0.05, 0) is 23.6 Å². The van der Waals surface area contributed by atoms with E-state index in [1.807, 2.05) is 45.9 Å². The third-order valence-corrected chi connectivity index (χ3v) is 1.85. The van der Waals surface area contributed by atoms with Gasteiger partial charge in [-0.2, -0.15) is 0 Å². The predicted octanol–water partition coefficient (Wildman–Crippen LogP) is 4.87. The van der Waals surface area contributed by atoms with Gasteiger partial charge in [0.1, 0.15) is 12.4 Å². The average molecular weight is 234 g/mol. The van der Waals surface area contributed by atoms with E-state index < -0.39 is 0 Å². The van der Waals surface area contributed by atoms with Crippen LogP contribution in [-0.2, 0) is 0 Å². The Balaban J connectivity index is 0. The van der Waals surface area contributed by atoms with Gasteiger partial charge in [0.25, 0.3) is 0 Å². The van der Waals surface area contributed by atoms with Crippen LogP contribution in [0.3, 0.4) is 0 Å². The lowest BCUT2D eigenvalue weighted by molar-refractivity contribution is 0.370. The van der Waals surface area contributed by atoms with Crippen LogP contribution >= 0.6 is 0 Å². The molecule has 0 N–H and O–H groups in total. The number of terminal acetylenes is 1. The van der Waals surface area contributed by atoms with Crippen molar-refractivity contribution < 1.29 is 4.74 Å². The van der Waals surface area contributed by atoms with Crippen LogP contribution in [0.5, 0.6) is 5.75 Å². The molecule has 0 fully saturated rings. The monoisotopic (exact) mass is 234 g/mol. The molecule has 0 unspecified atom stereocenters. The maximum atomic E-state index is 5.31. The van der Waals surface area contributed by atoms with Gasteiger partial charge in [0.2, 0.25) is 0 Å². The molecule has 1 nitrogen and oxygen atoms in total. The molecule has 0 spiro atoms. The average Bonchev–Trinajstić information content (AvgIpc) is 2.41. The Morgan fingerprint density at radius 2 is 1.76 bits per heavy atom. The fourth-order valence-corrected chi connectivity index (χ4v) is 1.09. The molecule has 0 aliphatic heterocycles. The van der Waals surface area contributed by atoms with Crippen molar-refractivity contribution in [2.45, 2.75) is 47.5 Å². The first kappa shape index (κ1) is 18.0. The first-order valence-electron chi connectivity index (χ1n) is 6.40. The normalized spacial score (nSPS) is 8.12. The highest BCUT2D eigenvalue weighted by molar-refractivity contribution is 5.30. The van der Waals surface area contributed by atoms with E-state index in [0.717, 1.165) is 5.75 Å². The molecule has 96 valence electrons. The number of benzene rings is 1. The topological polar surface area (TPSA) is 9.23 Å². The molecule has 1 heteroatoms. The molecule has 0 atom stereocenters. The SMILES string of the molecule is C#CCOc1cccc(C(C)C)c1.CC.CC. The van der Waals surface area contributed by atoms with Gasteiger partial charge < -0.3 is 4.74 Å². The van der Waals surface area contributed by atoms with Gasteiger partial charge in [0.05, 0.1) is 0 Å². The third kappa shape index (κ3) is 8.39. The molecule has 0 radical (unpaired) electrons. The number of rotatable bonds is 3. The van der Waals surface area contributed by atoms with Gasteiger partial charge in [0, 0.05) is 0 Å². The minimum absolute atomic E-state index is 0.335. The molecule has 0 saturated heterocycles. The zero-order valence-electron chi connectivity index (χ0n) is 12.1. The van der Waals surface area contributed by atoms with Crippen LogP contribution in [0.2, 0.25) is 0 Å². The highest BCUT2D eigenvalue weighted by Crippen LogP contribution is 2.19. The van der Waals surface area contributed by atoms with Gasteiger partial charge >= 0.3 is 0 Å². The zero-order chi connectivity index (χ0) is 13.7. The molecule has 17 heavy (non-hydrogen) atoms. The Hall–Kier alpha value is -1.42. The van der Waals surface area contributed by atoms with Gasteiger partial charge in [-0.3, -0.25) is 0 Å². The molecule has 1 aromatic rings. The summed E-state index contributed by atoms with van der Waals surface area (Å²) in [5.41, 5.74) is 1.27. The van der Waals surface area contributed by atoms with E-state index in [1.165, 1.54) is 5.56 Å². The maximum absolute atomic E-state index is 5.31. The molecule has 0 aliphatic rings. The van der Waals surface area contributed by atoms with Crippen molar-refractivity contribution >= 4 is 0 Å². The lowest BCUT2D eigenvalue weighted by Crippen LogP contribution is -1.94. The summed E-state index contributed by atoms with van der Waals surface area (Å²) < 4.78 is 5.31. The van der Waals surface area contributed by atoms with Crippen LogP contribution in [0.4, 0.5) is 0 Å². The summed E-state index contributed by atoms with van der Waals surface area (Å²) in [7, 11) is 0. The van der Waals surface area contributed by atoms with Crippen molar-refractivity contribution in [3.05, 3.63) is 29.8 Å². The van der Waals surface area contributed by atoms with Crippen LogP contribution < -0.4 is 4.74 Å². The minimum atomic E-state index is 0.335. The van der Waals surface area contributed by atoms with Crippen LogP contribution in [-0.4, -0.2) is 6.61 Å². The lowest BCUT2D eigenvalue weighted by Gasteiger charge is -2.07. The second kappa shape index (κ2) is 12.6. The molecule has 1 rings (SSSR count). The number of hydrogen-bond donors (Lipinski definition) is 0.